The molecular formula is C42H60N6. The Kier molecular flexibility index (Phi) is 12.3. The third-order valence-corrected chi connectivity index (χ3v) is 11.7. The third-order valence-electron chi connectivity index (χ3n) is 11.7. The van der Waals surface area contributed by atoms with E-state index in [9.17, 15) is 0 Å². The van der Waals surface area contributed by atoms with Gasteiger partial charge in [0.2, 0.25) is 0 Å². The number of rotatable bonds is 0. The predicted octanol–water partition coefficient (Wildman–Crippen LogP) is 6.57. The lowest BCUT2D eigenvalue weighted by Gasteiger charge is -2.34. The molecule has 6 N–H and O–H groups in total. The Labute approximate surface area is 290 Å². The summed E-state index contributed by atoms with van der Waals surface area (Å²) in [4.78, 5) is 0. The molecule has 0 unspecified atom stereocenters. The van der Waals surface area contributed by atoms with Crippen LogP contribution in [-0.2, 0) is 39.3 Å². The fourth-order valence-corrected chi connectivity index (χ4v) is 8.90. The summed E-state index contributed by atoms with van der Waals surface area (Å²) in [5.74, 6) is 0. The second kappa shape index (κ2) is 17.4. The molecule has 6 nitrogen and oxygen atoms in total. The number of hydrogen-bond donors (Lipinski definition) is 6. The third kappa shape index (κ3) is 9.56. The summed E-state index contributed by atoms with van der Waals surface area (Å²) in [6.45, 7) is 5.59. The van der Waals surface area contributed by atoms with Gasteiger partial charge in [-0.3, -0.25) is 0 Å². The lowest BCUT2D eigenvalue weighted by Crippen LogP contribution is -2.49. The average molecular weight is 649 g/mol. The zero-order chi connectivity index (χ0) is 32.4. The first kappa shape index (κ1) is 33.9. The van der Waals surface area contributed by atoms with Gasteiger partial charge in [0.1, 0.15) is 0 Å². The molecule has 3 saturated carbocycles. The number of benzene rings is 3. The molecule has 258 valence electrons. The van der Waals surface area contributed by atoms with Crippen molar-refractivity contribution in [3.63, 3.8) is 0 Å². The van der Waals surface area contributed by atoms with Crippen LogP contribution in [0.15, 0.2) is 72.8 Å². The first-order valence-electron chi connectivity index (χ1n) is 19.4. The average Bonchev–Trinajstić information content (AvgIpc) is 3.14. The summed E-state index contributed by atoms with van der Waals surface area (Å²) in [5.41, 5.74) is 8.36. The van der Waals surface area contributed by atoms with E-state index in [1.807, 2.05) is 0 Å². The maximum Gasteiger partial charge on any atom is 0.0224 e. The molecule has 3 aliphatic carbocycles. The SMILES string of the molecule is c1cc2cc(c1)CN[C@@H]1CCCC[C@H]1NCc1cccc(c1)CN[C@@H]1CCCC[C@H]1NCc1cccc(c1)CN[C@@H]1CCCC[C@H]1NC2. The van der Waals surface area contributed by atoms with Gasteiger partial charge in [-0.15, -0.1) is 0 Å². The molecular weight excluding hydrogens is 589 g/mol. The number of fused-ring (bicyclic) bond motifs is 9. The van der Waals surface area contributed by atoms with E-state index in [0.29, 0.717) is 36.3 Å². The van der Waals surface area contributed by atoms with Crippen molar-refractivity contribution in [3.8, 4) is 0 Å². The Balaban J connectivity index is 1.07. The summed E-state index contributed by atoms with van der Waals surface area (Å²) in [5, 5.41) is 23.8. The zero-order valence-corrected chi connectivity index (χ0v) is 29.1. The Bertz CT molecular complexity index is 1160. The highest BCUT2D eigenvalue weighted by Crippen LogP contribution is 2.23. The van der Waals surface area contributed by atoms with Gasteiger partial charge in [0.25, 0.3) is 0 Å². The Hall–Kier alpha value is -2.58. The molecule has 0 amide bonds. The molecule has 6 atom stereocenters. The highest BCUT2D eigenvalue weighted by Gasteiger charge is 2.27. The van der Waals surface area contributed by atoms with E-state index >= 15 is 0 Å². The molecule has 6 heteroatoms. The highest BCUT2D eigenvalue weighted by atomic mass is 15.0. The second-order valence-corrected chi connectivity index (χ2v) is 15.2. The standard InChI is InChI=1S/C42H60N6/c1-2-17-38-37(16-1)43-25-31-10-7-12-33(22-31)27-45-39-18-3-4-19-40(39)47-29-35-14-9-15-36(24-35)30-48-42-21-6-5-20-41(42)46-28-34-13-8-11-32(23-34)26-44-38/h7-15,22-24,37-48H,1-6,16-21,25-30H2/t37-,38-,39-,40-,41-,42-/m1/s1. The number of nitrogens with one attached hydrogen (secondary N) is 6. The summed E-state index contributed by atoms with van der Waals surface area (Å²) in [7, 11) is 0. The van der Waals surface area contributed by atoms with Gasteiger partial charge in [-0.2, -0.15) is 0 Å². The van der Waals surface area contributed by atoms with Gasteiger partial charge in [-0.25, -0.2) is 0 Å². The summed E-state index contributed by atoms with van der Waals surface area (Å²) in [6, 6.07) is 30.8. The maximum absolute atomic E-state index is 3.97. The van der Waals surface area contributed by atoms with Gasteiger partial charge < -0.3 is 31.9 Å². The molecule has 0 radical (unpaired) electrons. The van der Waals surface area contributed by atoms with Gasteiger partial charge in [0.15, 0.2) is 0 Å². The van der Waals surface area contributed by atoms with Crippen LogP contribution < -0.4 is 31.9 Å². The quantitative estimate of drug-likeness (QED) is 0.166. The number of hydrogen-bond acceptors (Lipinski definition) is 6. The van der Waals surface area contributed by atoms with E-state index in [1.165, 1.54) is 110 Å². The minimum Gasteiger partial charge on any atom is -0.308 e. The van der Waals surface area contributed by atoms with E-state index in [1.54, 1.807) is 0 Å². The monoisotopic (exact) mass is 648 g/mol. The van der Waals surface area contributed by atoms with Gasteiger partial charge >= 0.3 is 0 Å². The molecule has 3 aromatic rings. The normalized spacial score (nSPS) is 29.8. The largest absolute Gasteiger partial charge is 0.308 e. The molecule has 4 aliphatic rings. The molecule has 0 aromatic heterocycles. The van der Waals surface area contributed by atoms with Crippen LogP contribution >= 0.6 is 0 Å². The van der Waals surface area contributed by atoms with Crippen LogP contribution in [-0.4, -0.2) is 36.3 Å². The lowest BCUT2D eigenvalue weighted by atomic mass is 9.89. The van der Waals surface area contributed by atoms with Gasteiger partial charge in [0.05, 0.1) is 0 Å². The molecule has 3 fully saturated rings. The summed E-state index contributed by atoms with van der Waals surface area (Å²) >= 11 is 0. The molecule has 1 aliphatic heterocycles. The van der Waals surface area contributed by atoms with Crippen molar-refractivity contribution in [2.24, 2.45) is 0 Å². The van der Waals surface area contributed by atoms with E-state index in [-0.39, 0.29) is 0 Å². The first-order chi connectivity index (χ1) is 23.7. The molecule has 6 bridgehead atoms. The van der Waals surface area contributed by atoms with E-state index < -0.39 is 0 Å². The Morgan fingerprint density at radius 1 is 0.292 bits per heavy atom. The van der Waals surface area contributed by atoms with E-state index in [2.05, 4.69) is 105 Å². The lowest BCUT2D eigenvalue weighted by molar-refractivity contribution is 0.280. The van der Waals surface area contributed by atoms with Crippen molar-refractivity contribution in [3.05, 3.63) is 106 Å². The van der Waals surface area contributed by atoms with Crippen LogP contribution in [0.25, 0.3) is 0 Å². The van der Waals surface area contributed by atoms with Crippen molar-refractivity contribution in [1.29, 1.82) is 0 Å². The van der Waals surface area contributed by atoms with Crippen molar-refractivity contribution in [2.75, 3.05) is 0 Å². The van der Waals surface area contributed by atoms with Crippen LogP contribution in [0.4, 0.5) is 0 Å². The molecule has 3 aromatic carbocycles. The van der Waals surface area contributed by atoms with Crippen molar-refractivity contribution >= 4 is 0 Å². The zero-order valence-electron chi connectivity index (χ0n) is 29.1. The molecule has 1 heterocycles. The molecule has 7 rings (SSSR count). The van der Waals surface area contributed by atoms with Crippen molar-refractivity contribution in [2.45, 2.75) is 153 Å². The van der Waals surface area contributed by atoms with Crippen LogP contribution in [0.2, 0.25) is 0 Å². The van der Waals surface area contributed by atoms with Gasteiger partial charge in [-0.1, -0.05) is 111 Å². The Morgan fingerprint density at radius 2 is 0.479 bits per heavy atom. The van der Waals surface area contributed by atoms with Crippen LogP contribution in [0.3, 0.4) is 0 Å². The maximum atomic E-state index is 3.97. The topological polar surface area (TPSA) is 72.2 Å². The fraction of sp³-hybridized carbons (Fsp3) is 0.571. The molecule has 0 saturated heterocycles. The minimum absolute atomic E-state index is 0.512. The van der Waals surface area contributed by atoms with Crippen LogP contribution in [0.5, 0.6) is 0 Å². The molecule has 0 spiro atoms. The van der Waals surface area contributed by atoms with Crippen molar-refractivity contribution in [1.82, 2.24) is 31.9 Å². The predicted molar refractivity (Wildman–Crippen MR) is 198 cm³/mol. The first-order valence-corrected chi connectivity index (χ1v) is 19.4. The van der Waals surface area contributed by atoms with E-state index in [4.69, 9.17) is 0 Å². The van der Waals surface area contributed by atoms with Gasteiger partial charge in [0, 0.05) is 75.5 Å². The highest BCUT2D eigenvalue weighted by molar-refractivity contribution is 5.26. The van der Waals surface area contributed by atoms with Gasteiger partial charge in [-0.05, 0) is 71.9 Å². The smallest absolute Gasteiger partial charge is 0.0224 e. The summed E-state index contributed by atoms with van der Waals surface area (Å²) < 4.78 is 0. The fourth-order valence-electron chi connectivity index (χ4n) is 8.90. The van der Waals surface area contributed by atoms with Crippen molar-refractivity contribution < 1.29 is 0 Å². The minimum atomic E-state index is 0.512. The summed E-state index contributed by atoms with van der Waals surface area (Å²) in [6.07, 6.45) is 15.4. The van der Waals surface area contributed by atoms with Crippen LogP contribution in [0.1, 0.15) is 110 Å². The second-order valence-electron chi connectivity index (χ2n) is 15.2. The Morgan fingerprint density at radius 3 is 0.667 bits per heavy atom. The van der Waals surface area contributed by atoms with Crippen LogP contribution in [0, 0.1) is 0 Å². The molecule has 48 heavy (non-hydrogen) atoms. The van der Waals surface area contributed by atoms with E-state index in [0.717, 1.165) is 39.3 Å².